The molecule has 1 aromatic carbocycles. The summed E-state index contributed by atoms with van der Waals surface area (Å²) in [5, 5.41) is 7.01. The summed E-state index contributed by atoms with van der Waals surface area (Å²) in [6, 6.07) is 5.24. The summed E-state index contributed by atoms with van der Waals surface area (Å²) in [4.78, 5) is 20.5. The lowest BCUT2D eigenvalue weighted by Crippen LogP contribution is -2.23. The minimum atomic E-state index is -4.47. The van der Waals surface area contributed by atoms with Gasteiger partial charge in [-0.25, -0.2) is 9.97 Å². The van der Waals surface area contributed by atoms with Crippen molar-refractivity contribution in [2.45, 2.75) is 32.6 Å². The number of nitrogens with zero attached hydrogens (tertiary/aromatic N) is 3. The Balaban J connectivity index is 1.68. The maximum absolute atomic E-state index is 13.4. The van der Waals surface area contributed by atoms with Gasteiger partial charge in [-0.05, 0) is 53.9 Å². The van der Waals surface area contributed by atoms with Crippen LogP contribution in [0, 0.1) is 18.8 Å². The van der Waals surface area contributed by atoms with Crippen LogP contribution in [0.1, 0.15) is 45.6 Å². The van der Waals surface area contributed by atoms with Crippen molar-refractivity contribution in [2.75, 3.05) is 5.73 Å². The minimum Gasteiger partial charge on any atom is -0.383 e. The highest BCUT2D eigenvalue weighted by Gasteiger charge is 2.38. The summed E-state index contributed by atoms with van der Waals surface area (Å²) in [6.45, 7) is 3.29. The largest absolute Gasteiger partial charge is 0.408 e. The number of thiophene rings is 1. The standard InChI is InChI=1S/C24H20F3N5OS/c1-14-3-4-18(23(33)29-10-16-7-8-34-12-16)9-17(14)5-6-19-11-32(15(2)24(25,26)27)22-20(19)21(28)30-13-31-22/h3-4,7-9,11-13,15H,10H2,1-2H3,(H,29,33)(H2,28,30,31). The first-order valence-electron chi connectivity index (χ1n) is 10.2. The number of hydrogen-bond donors (Lipinski definition) is 2. The molecule has 0 fully saturated rings. The first kappa shape index (κ1) is 23.3. The molecule has 0 radical (unpaired) electrons. The molecule has 1 unspecified atom stereocenters. The highest BCUT2D eigenvalue weighted by Crippen LogP contribution is 2.34. The Morgan fingerprint density at radius 3 is 2.71 bits per heavy atom. The molecule has 174 valence electrons. The number of carbonyl (C=O) groups is 1. The number of anilines is 1. The van der Waals surface area contributed by atoms with Crippen molar-refractivity contribution in [1.82, 2.24) is 19.9 Å². The van der Waals surface area contributed by atoms with Crippen molar-refractivity contribution in [3.05, 3.63) is 75.4 Å². The van der Waals surface area contributed by atoms with Gasteiger partial charge >= 0.3 is 6.18 Å². The van der Waals surface area contributed by atoms with Crippen LogP contribution in [0.2, 0.25) is 0 Å². The van der Waals surface area contributed by atoms with Crippen molar-refractivity contribution >= 4 is 34.1 Å². The van der Waals surface area contributed by atoms with Gasteiger partial charge in [0.15, 0.2) is 0 Å². The maximum atomic E-state index is 13.4. The topological polar surface area (TPSA) is 85.8 Å². The quantitative estimate of drug-likeness (QED) is 0.407. The molecule has 34 heavy (non-hydrogen) atoms. The molecular weight excluding hydrogens is 463 g/mol. The van der Waals surface area contributed by atoms with E-state index in [1.807, 2.05) is 23.8 Å². The van der Waals surface area contributed by atoms with E-state index in [0.717, 1.165) is 28.9 Å². The van der Waals surface area contributed by atoms with Crippen molar-refractivity contribution in [3.63, 3.8) is 0 Å². The van der Waals surface area contributed by atoms with Crippen LogP contribution in [0.5, 0.6) is 0 Å². The lowest BCUT2D eigenvalue weighted by atomic mass is 10.0. The number of fused-ring (bicyclic) bond motifs is 1. The van der Waals surface area contributed by atoms with Crippen molar-refractivity contribution in [3.8, 4) is 11.8 Å². The van der Waals surface area contributed by atoms with Crippen LogP contribution in [0.25, 0.3) is 11.0 Å². The predicted molar refractivity (Wildman–Crippen MR) is 125 cm³/mol. The molecule has 0 bridgehead atoms. The van der Waals surface area contributed by atoms with Gasteiger partial charge < -0.3 is 15.6 Å². The second-order valence-corrected chi connectivity index (χ2v) is 8.50. The molecule has 4 aromatic rings. The zero-order valence-electron chi connectivity index (χ0n) is 18.3. The second-order valence-electron chi connectivity index (χ2n) is 7.72. The van der Waals surface area contributed by atoms with Crippen LogP contribution in [0.15, 0.2) is 47.5 Å². The van der Waals surface area contributed by atoms with E-state index >= 15 is 0 Å². The zero-order valence-corrected chi connectivity index (χ0v) is 19.1. The van der Waals surface area contributed by atoms with Crippen LogP contribution >= 0.6 is 11.3 Å². The number of halogens is 3. The lowest BCUT2D eigenvalue weighted by Gasteiger charge is -2.17. The fourth-order valence-corrected chi connectivity index (χ4v) is 4.03. The monoisotopic (exact) mass is 483 g/mol. The predicted octanol–water partition coefficient (Wildman–Crippen LogP) is 4.84. The highest BCUT2D eigenvalue weighted by atomic mass is 32.1. The number of benzene rings is 1. The average molecular weight is 484 g/mol. The number of nitrogens with two attached hydrogens (primary N) is 1. The number of aryl methyl sites for hydroxylation is 1. The van der Waals surface area contributed by atoms with Gasteiger partial charge in [-0.2, -0.15) is 24.5 Å². The van der Waals surface area contributed by atoms with E-state index in [1.54, 1.807) is 29.5 Å². The lowest BCUT2D eigenvalue weighted by molar-refractivity contribution is -0.162. The molecule has 0 spiro atoms. The Hall–Kier alpha value is -3.84. The molecule has 1 amide bonds. The van der Waals surface area contributed by atoms with E-state index in [9.17, 15) is 18.0 Å². The number of carbonyl (C=O) groups excluding carboxylic acids is 1. The summed E-state index contributed by atoms with van der Waals surface area (Å²) in [5.41, 5.74) is 9.11. The van der Waals surface area contributed by atoms with Gasteiger partial charge in [-0.1, -0.05) is 17.9 Å². The molecule has 1 atom stereocenters. The first-order chi connectivity index (χ1) is 16.1. The van der Waals surface area contributed by atoms with Gasteiger partial charge in [0.2, 0.25) is 0 Å². The summed E-state index contributed by atoms with van der Waals surface area (Å²) < 4.78 is 41.1. The summed E-state index contributed by atoms with van der Waals surface area (Å²) in [6.07, 6.45) is -2.07. The van der Waals surface area contributed by atoms with E-state index in [1.165, 1.54) is 6.20 Å². The maximum Gasteiger partial charge on any atom is 0.408 e. The average Bonchev–Trinajstić information content (AvgIpc) is 3.44. The van der Waals surface area contributed by atoms with E-state index in [2.05, 4.69) is 27.1 Å². The molecule has 3 heterocycles. The molecule has 0 aliphatic carbocycles. The fraction of sp³-hybridized carbons (Fsp3) is 0.208. The van der Waals surface area contributed by atoms with E-state index < -0.39 is 12.2 Å². The van der Waals surface area contributed by atoms with Crippen LogP contribution in [-0.4, -0.2) is 26.6 Å². The van der Waals surface area contributed by atoms with Crippen molar-refractivity contribution in [2.24, 2.45) is 0 Å². The Kier molecular flexibility index (Phi) is 6.30. The fourth-order valence-electron chi connectivity index (χ4n) is 3.37. The van der Waals surface area contributed by atoms with E-state index in [-0.39, 0.29) is 28.3 Å². The Morgan fingerprint density at radius 2 is 2.00 bits per heavy atom. The third kappa shape index (κ3) is 4.75. The van der Waals surface area contributed by atoms with Crippen LogP contribution in [0.3, 0.4) is 0 Å². The molecule has 0 aliphatic heterocycles. The van der Waals surface area contributed by atoms with Crippen molar-refractivity contribution < 1.29 is 18.0 Å². The number of rotatable bonds is 4. The normalized spacial score (nSPS) is 12.3. The zero-order chi connectivity index (χ0) is 24.5. The SMILES string of the molecule is Cc1ccc(C(=O)NCc2ccsc2)cc1C#Cc1cn(C(C)C(F)(F)F)c2ncnc(N)c12. The van der Waals surface area contributed by atoms with Gasteiger partial charge in [0, 0.05) is 23.9 Å². The molecular formula is C24H20F3N5OS. The Labute approximate surface area is 197 Å². The van der Waals surface area contributed by atoms with Gasteiger partial charge in [0.25, 0.3) is 5.91 Å². The van der Waals surface area contributed by atoms with E-state index in [0.29, 0.717) is 17.7 Å². The van der Waals surface area contributed by atoms with Crippen molar-refractivity contribution in [1.29, 1.82) is 0 Å². The van der Waals surface area contributed by atoms with Crippen LogP contribution in [-0.2, 0) is 6.54 Å². The van der Waals surface area contributed by atoms with Crippen LogP contribution in [0.4, 0.5) is 19.0 Å². The minimum absolute atomic E-state index is 0.0423. The molecule has 3 aromatic heterocycles. The number of aromatic nitrogens is 3. The molecule has 3 N–H and O–H groups in total. The first-order valence-corrected chi connectivity index (χ1v) is 11.2. The number of alkyl halides is 3. The number of amides is 1. The third-order valence-corrected chi connectivity index (χ3v) is 6.13. The smallest absolute Gasteiger partial charge is 0.383 e. The molecule has 4 rings (SSSR count). The summed E-state index contributed by atoms with van der Waals surface area (Å²) in [5.74, 6) is 5.67. The summed E-state index contributed by atoms with van der Waals surface area (Å²) in [7, 11) is 0. The Morgan fingerprint density at radius 1 is 1.24 bits per heavy atom. The summed E-state index contributed by atoms with van der Waals surface area (Å²) >= 11 is 1.55. The Bertz CT molecular complexity index is 1410. The molecule has 10 heteroatoms. The third-order valence-electron chi connectivity index (χ3n) is 5.39. The molecule has 0 saturated carbocycles. The number of nitrogen functional groups attached to an aromatic ring is 1. The van der Waals surface area contributed by atoms with Gasteiger partial charge in [-0.15, -0.1) is 0 Å². The van der Waals surface area contributed by atoms with Crippen LogP contribution < -0.4 is 11.1 Å². The highest BCUT2D eigenvalue weighted by molar-refractivity contribution is 7.07. The number of nitrogens with one attached hydrogen (secondary N) is 1. The van der Waals surface area contributed by atoms with Gasteiger partial charge in [-0.3, -0.25) is 4.79 Å². The van der Waals surface area contributed by atoms with Gasteiger partial charge in [0.1, 0.15) is 23.8 Å². The molecule has 0 saturated heterocycles. The molecule has 6 nitrogen and oxygen atoms in total. The second kappa shape index (κ2) is 9.19. The molecule has 0 aliphatic rings. The van der Waals surface area contributed by atoms with E-state index in [4.69, 9.17) is 5.73 Å². The number of hydrogen-bond acceptors (Lipinski definition) is 5. The van der Waals surface area contributed by atoms with Gasteiger partial charge in [0.05, 0.1) is 10.9 Å².